The molecule has 0 aromatic rings. The van der Waals surface area contributed by atoms with Crippen LogP contribution in [0, 0.1) is 17.3 Å². The number of carboxylic acid groups (broad SMARTS) is 1. The lowest BCUT2D eigenvalue weighted by atomic mass is 9.63. The molecule has 2 nitrogen and oxygen atoms in total. The zero-order valence-electron chi connectivity index (χ0n) is 10.3. The molecule has 1 N–H and O–H groups in total. The van der Waals surface area contributed by atoms with Crippen LogP contribution >= 0.6 is 0 Å². The highest BCUT2D eigenvalue weighted by molar-refractivity contribution is 5.75. The monoisotopic (exact) mass is 212 g/mol. The molecule has 0 heterocycles. The molecule has 1 unspecified atom stereocenters. The third-order valence-electron chi connectivity index (χ3n) is 4.56. The molecule has 0 spiro atoms. The van der Waals surface area contributed by atoms with Crippen molar-refractivity contribution in [3.8, 4) is 0 Å². The average molecular weight is 212 g/mol. The van der Waals surface area contributed by atoms with Gasteiger partial charge in [0.15, 0.2) is 0 Å². The maximum absolute atomic E-state index is 11.5. The summed E-state index contributed by atoms with van der Waals surface area (Å²) in [6.07, 6.45) is 6.16. The van der Waals surface area contributed by atoms with Gasteiger partial charge in [-0.05, 0) is 37.5 Å². The third-order valence-corrected chi connectivity index (χ3v) is 4.56. The SMILES string of the molecule is CCC1CCC(C(=O)O)(C(C)CC)CC1. The molecule has 88 valence electrons. The van der Waals surface area contributed by atoms with E-state index in [0.717, 1.165) is 38.0 Å². The summed E-state index contributed by atoms with van der Waals surface area (Å²) in [5.74, 6) is 0.515. The van der Waals surface area contributed by atoms with E-state index < -0.39 is 11.4 Å². The summed E-state index contributed by atoms with van der Waals surface area (Å²) in [7, 11) is 0. The van der Waals surface area contributed by atoms with E-state index in [1.165, 1.54) is 6.42 Å². The van der Waals surface area contributed by atoms with Crippen LogP contribution in [0.2, 0.25) is 0 Å². The van der Waals surface area contributed by atoms with Crippen LogP contribution in [-0.4, -0.2) is 11.1 Å². The van der Waals surface area contributed by atoms with Crippen LogP contribution < -0.4 is 0 Å². The Kier molecular flexibility index (Phi) is 4.18. The Labute approximate surface area is 93.1 Å². The number of carboxylic acids is 1. The summed E-state index contributed by atoms with van der Waals surface area (Å²) >= 11 is 0. The van der Waals surface area contributed by atoms with Crippen LogP contribution in [-0.2, 0) is 4.79 Å². The molecule has 1 atom stereocenters. The molecule has 0 aromatic carbocycles. The Balaban J connectivity index is 2.73. The smallest absolute Gasteiger partial charge is 0.309 e. The lowest BCUT2D eigenvalue weighted by molar-refractivity contribution is -0.155. The number of carbonyl (C=O) groups is 1. The van der Waals surface area contributed by atoms with Crippen molar-refractivity contribution < 1.29 is 9.90 Å². The second kappa shape index (κ2) is 5.00. The molecule has 0 saturated heterocycles. The van der Waals surface area contributed by atoms with Gasteiger partial charge in [-0.3, -0.25) is 4.79 Å². The van der Waals surface area contributed by atoms with Crippen molar-refractivity contribution in [1.82, 2.24) is 0 Å². The largest absolute Gasteiger partial charge is 0.481 e. The highest BCUT2D eigenvalue weighted by Gasteiger charge is 2.44. The molecule has 0 aromatic heterocycles. The molecule has 1 fully saturated rings. The van der Waals surface area contributed by atoms with Crippen molar-refractivity contribution >= 4 is 5.97 Å². The Morgan fingerprint density at radius 3 is 2.27 bits per heavy atom. The highest BCUT2D eigenvalue weighted by atomic mass is 16.4. The predicted octanol–water partition coefficient (Wildman–Crippen LogP) is 3.70. The van der Waals surface area contributed by atoms with Crippen LogP contribution in [0.4, 0.5) is 0 Å². The predicted molar refractivity (Wildman–Crippen MR) is 61.8 cm³/mol. The van der Waals surface area contributed by atoms with Gasteiger partial charge in [-0.2, -0.15) is 0 Å². The summed E-state index contributed by atoms with van der Waals surface area (Å²) < 4.78 is 0. The first-order chi connectivity index (χ1) is 7.06. The van der Waals surface area contributed by atoms with Crippen LogP contribution in [0.5, 0.6) is 0 Å². The van der Waals surface area contributed by atoms with E-state index in [1.807, 2.05) is 0 Å². The molecule has 1 rings (SSSR count). The summed E-state index contributed by atoms with van der Waals surface area (Å²) in [6, 6.07) is 0. The van der Waals surface area contributed by atoms with E-state index in [9.17, 15) is 9.90 Å². The molecule has 15 heavy (non-hydrogen) atoms. The van der Waals surface area contributed by atoms with Gasteiger partial charge in [-0.1, -0.05) is 33.6 Å². The van der Waals surface area contributed by atoms with E-state index >= 15 is 0 Å². The van der Waals surface area contributed by atoms with E-state index in [0.29, 0.717) is 5.92 Å². The highest BCUT2D eigenvalue weighted by Crippen LogP contribution is 2.46. The van der Waals surface area contributed by atoms with Crippen LogP contribution in [0.15, 0.2) is 0 Å². The minimum absolute atomic E-state index is 0.313. The standard InChI is InChI=1S/C13H24O2/c1-4-10(3)13(12(14)15)8-6-11(5-2)7-9-13/h10-11H,4-9H2,1-3H3,(H,14,15). The van der Waals surface area contributed by atoms with E-state index in [-0.39, 0.29) is 0 Å². The summed E-state index contributed by atoms with van der Waals surface area (Å²) in [4.78, 5) is 11.5. The Morgan fingerprint density at radius 2 is 1.93 bits per heavy atom. The van der Waals surface area contributed by atoms with Crippen LogP contribution in [0.3, 0.4) is 0 Å². The first-order valence-electron chi connectivity index (χ1n) is 6.30. The zero-order valence-corrected chi connectivity index (χ0v) is 10.3. The topological polar surface area (TPSA) is 37.3 Å². The summed E-state index contributed by atoms with van der Waals surface area (Å²) in [5, 5.41) is 9.45. The molecule has 1 saturated carbocycles. The molecular weight excluding hydrogens is 188 g/mol. The first kappa shape index (κ1) is 12.5. The fourth-order valence-electron chi connectivity index (χ4n) is 2.91. The molecule has 0 aliphatic heterocycles. The number of aliphatic carboxylic acids is 1. The maximum Gasteiger partial charge on any atom is 0.309 e. The molecule has 2 heteroatoms. The Morgan fingerprint density at radius 1 is 1.40 bits per heavy atom. The van der Waals surface area contributed by atoms with Gasteiger partial charge in [-0.25, -0.2) is 0 Å². The lowest BCUT2D eigenvalue weighted by Crippen LogP contribution is -2.40. The minimum Gasteiger partial charge on any atom is -0.481 e. The van der Waals surface area contributed by atoms with E-state index in [1.54, 1.807) is 0 Å². The number of hydrogen-bond donors (Lipinski definition) is 1. The van der Waals surface area contributed by atoms with Crippen molar-refractivity contribution in [2.24, 2.45) is 17.3 Å². The average Bonchev–Trinajstić information content (AvgIpc) is 2.27. The van der Waals surface area contributed by atoms with Crippen molar-refractivity contribution in [1.29, 1.82) is 0 Å². The normalized spacial score (nSPS) is 33.7. The van der Waals surface area contributed by atoms with Crippen molar-refractivity contribution in [3.05, 3.63) is 0 Å². The summed E-state index contributed by atoms with van der Waals surface area (Å²) in [5.41, 5.74) is -0.416. The second-order valence-corrected chi connectivity index (χ2v) is 5.12. The first-order valence-corrected chi connectivity index (χ1v) is 6.30. The zero-order chi connectivity index (χ0) is 11.5. The van der Waals surface area contributed by atoms with Crippen molar-refractivity contribution in [2.45, 2.75) is 59.3 Å². The van der Waals surface area contributed by atoms with Crippen LogP contribution in [0.1, 0.15) is 59.3 Å². The molecular formula is C13H24O2. The second-order valence-electron chi connectivity index (χ2n) is 5.12. The fraction of sp³-hybridized carbons (Fsp3) is 0.923. The Hall–Kier alpha value is -0.530. The van der Waals surface area contributed by atoms with E-state index in [4.69, 9.17) is 0 Å². The van der Waals surface area contributed by atoms with Gasteiger partial charge in [0.2, 0.25) is 0 Å². The minimum atomic E-state index is -0.564. The third kappa shape index (κ3) is 2.35. The molecule has 1 aliphatic rings. The Bertz CT molecular complexity index is 215. The van der Waals surface area contributed by atoms with Gasteiger partial charge in [-0.15, -0.1) is 0 Å². The van der Waals surface area contributed by atoms with Crippen molar-refractivity contribution in [2.75, 3.05) is 0 Å². The van der Waals surface area contributed by atoms with Gasteiger partial charge in [0.05, 0.1) is 5.41 Å². The quantitative estimate of drug-likeness (QED) is 0.771. The molecule has 0 amide bonds. The molecule has 0 radical (unpaired) electrons. The van der Waals surface area contributed by atoms with Crippen LogP contribution in [0.25, 0.3) is 0 Å². The van der Waals surface area contributed by atoms with Gasteiger partial charge in [0.1, 0.15) is 0 Å². The molecule has 0 bridgehead atoms. The van der Waals surface area contributed by atoms with Gasteiger partial charge < -0.3 is 5.11 Å². The van der Waals surface area contributed by atoms with Gasteiger partial charge in [0.25, 0.3) is 0 Å². The molecule has 1 aliphatic carbocycles. The van der Waals surface area contributed by atoms with Gasteiger partial charge in [0, 0.05) is 0 Å². The summed E-state index contributed by atoms with van der Waals surface area (Å²) in [6.45, 7) is 6.41. The van der Waals surface area contributed by atoms with Gasteiger partial charge >= 0.3 is 5.97 Å². The number of rotatable bonds is 4. The fourth-order valence-corrected chi connectivity index (χ4v) is 2.91. The number of hydrogen-bond acceptors (Lipinski definition) is 1. The van der Waals surface area contributed by atoms with E-state index in [2.05, 4.69) is 20.8 Å². The van der Waals surface area contributed by atoms with Crippen molar-refractivity contribution in [3.63, 3.8) is 0 Å². The maximum atomic E-state index is 11.5. The lowest BCUT2D eigenvalue weighted by Gasteiger charge is -2.40.